The van der Waals surface area contributed by atoms with Gasteiger partial charge >= 0.3 is 6.43 Å². The molecule has 84 valence electrons. The topological polar surface area (TPSA) is 26.0 Å². The maximum atomic E-state index is 12.3. The molecule has 0 aliphatic carbocycles. The summed E-state index contributed by atoms with van der Waals surface area (Å²) in [6, 6.07) is 6.63. The van der Waals surface area contributed by atoms with Crippen molar-refractivity contribution in [3.8, 4) is 11.3 Å². The molecule has 0 amide bonds. The zero-order valence-corrected chi connectivity index (χ0v) is 10.1. The summed E-state index contributed by atoms with van der Waals surface area (Å²) >= 11 is 8.79. The van der Waals surface area contributed by atoms with Crippen LogP contribution < -0.4 is 0 Å². The number of oxazole rings is 1. The third-order valence-corrected chi connectivity index (χ3v) is 2.68. The van der Waals surface area contributed by atoms with Crippen LogP contribution in [0.2, 0.25) is 5.02 Å². The molecule has 2 aromatic rings. The van der Waals surface area contributed by atoms with Gasteiger partial charge in [0.15, 0.2) is 10.4 Å². The minimum atomic E-state index is -2.72. The smallest absolute Gasteiger partial charge is 0.313 e. The highest BCUT2D eigenvalue weighted by atomic mass is 79.9. The van der Waals surface area contributed by atoms with Crippen LogP contribution in [0, 0.1) is 0 Å². The lowest BCUT2D eigenvalue weighted by Crippen LogP contribution is -1.80. The van der Waals surface area contributed by atoms with Gasteiger partial charge in [0, 0.05) is 10.6 Å². The summed E-state index contributed by atoms with van der Waals surface area (Å²) in [5.41, 5.74) is 0.635. The van der Waals surface area contributed by atoms with Crippen molar-refractivity contribution < 1.29 is 13.2 Å². The van der Waals surface area contributed by atoms with Crippen LogP contribution in [-0.2, 0) is 0 Å². The van der Waals surface area contributed by atoms with Crippen LogP contribution in [0.3, 0.4) is 0 Å². The van der Waals surface area contributed by atoms with Crippen LogP contribution in [0.25, 0.3) is 11.3 Å². The molecule has 0 unspecified atom stereocenters. The molecule has 0 saturated heterocycles. The van der Waals surface area contributed by atoms with E-state index in [0.29, 0.717) is 10.6 Å². The minimum absolute atomic E-state index is 0.255. The number of hydrogen-bond donors (Lipinski definition) is 0. The second-order valence-corrected chi connectivity index (χ2v) is 4.17. The SMILES string of the molecule is FC(F)c1nc(Br)c(-c2ccc(Cl)cc2)o1. The van der Waals surface area contributed by atoms with Gasteiger partial charge in [-0.2, -0.15) is 8.78 Å². The fourth-order valence-corrected chi connectivity index (χ4v) is 1.80. The van der Waals surface area contributed by atoms with Crippen molar-refractivity contribution in [1.29, 1.82) is 0 Å². The molecule has 0 atom stereocenters. The lowest BCUT2D eigenvalue weighted by atomic mass is 10.2. The van der Waals surface area contributed by atoms with Gasteiger partial charge in [-0.15, -0.1) is 0 Å². The van der Waals surface area contributed by atoms with Crippen LogP contribution in [0.5, 0.6) is 0 Å². The first-order valence-electron chi connectivity index (χ1n) is 4.28. The molecule has 0 fully saturated rings. The van der Waals surface area contributed by atoms with Crippen molar-refractivity contribution in [2.24, 2.45) is 0 Å². The quantitative estimate of drug-likeness (QED) is 0.804. The van der Waals surface area contributed by atoms with Gasteiger partial charge in [-0.25, -0.2) is 4.98 Å². The van der Waals surface area contributed by atoms with Crippen molar-refractivity contribution in [2.45, 2.75) is 6.43 Å². The molecule has 1 aromatic heterocycles. The number of benzene rings is 1. The van der Waals surface area contributed by atoms with Gasteiger partial charge in [0.1, 0.15) is 0 Å². The average Bonchev–Trinajstić information content (AvgIpc) is 2.62. The summed E-state index contributed by atoms with van der Waals surface area (Å²) in [5, 5.41) is 0.563. The molecular formula is C10H5BrClF2NO. The zero-order chi connectivity index (χ0) is 11.7. The molecule has 2 nitrogen and oxygen atoms in total. The second-order valence-electron chi connectivity index (χ2n) is 2.98. The highest BCUT2D eigenvalue weighted by Crippen LogP contribution is 2.32. The Balaban J connectivity index is 2.44. The molecule has 6 heteroatoms. The van der Waals surface area contributed by atoms with E-state index < -0.39 is 12.3 Å². The third kappa shape index (κ3) is 2.25. The van der Waals surface area contributed by atoms with Crippen molar-refractivity contribution in [1.82, 2.24) is 4.98 Å². The third-order valence-electron chi connectivity index (χ3n) is 1.90. The van der Waals surface area contributed by atoms with Crippen LogP contribution >= 0.6 is 27.5 Å². The fourth-order valence-electron chi connectivity index (χ4n) is 1.19. The van der Waals surface area contributed by atoms with Crippen molar-refractivity contribution in [2.75, 3.05) is 0 Å². The molecule has 1 heterocycles. The maximum absolute atomic E-state index is 12.3. The lowest BCUT2D eigenvalue weighted by Gasteiger charge is -1.96. The van der Waals surface area contributed by atoms with E-state index in [1.807, 2.05) is 0 Å². The lowest BCUT2D eigenvalue weighted by molar-refractivity contribution is 0.116. The van der Waals surface area contributed by atoms with E-state index >= 15 is 0 Å². The van der Waals surface area contributed by atoms with Crippen LogP contribution in [-0.4, -0.2) is 4.98 Å². The predicted octanol–water partition coefficient (Wildman–Crippen LogP) is 4.70. The van der Waals surface area contributed by atoms with E-state index in [1.165, 1.54) is 0 Å². The molecular weight excluding hydrogens is 303 g/mol. The highest BCUT2D eigenvalue weighted by Gasteiger charge is 2.19. The molecule has 0 radical (unpaired) electrons. The van der Waals surface area contributed by atoms with E-state index in [4.69, 9.17) is 16.0 Å². The number of rotatable bonds is 2. The number of halogens is 4. The van der Waals surface area contributed by atoms with Gasteiger partial charge in [0.2, 0.25) is 0 Å². The number of hydrogen-bond acceptors (Lipinski definition) is 2. The van der Waals surface area contributed by atoms with Crippen LogP contribution in [0.1, 0.15) is 12.3 Å². The highest BCUT2D eigenvalue weighted by molar-refractivity contribution is 9.10. The molecule has 0 aliphatic rings. The first-order valence-corrected chi connectivity index (χ1v) is 5.45. The Morgan fingerprint density at radius 3 is 2.38 bits per heavy atom. The largest absolute Gasteiger partial charge is 0.434 e. The Morgan fingerprint density at radius 1 is 1.25 bits per heavy atom. The van der Waals surface area contributed by atoms with Crippen LogP contribution in [0.4, 0.5) is 8.78 Å². The van der Waals surface area contributed by atoms with Crippen LogP contribution in [0.15, 0.2) is 33.3 Å². The summed E-state index contributed by atoms with van der Waals surface area (Å²) in [6.07, 6.45) is -2.72. The first kappa shape index (κ1) is 11.5. The molecule has 0 saturated carbocycles. The Labute approximate surface area is 103 Å². The summed E-state index contributed by atoms with van der Waals surface area (Å²) in [4.78, 5) is 3.58. The van der Waals surface area contributed by atoms with E-state index in [9.17, 15) is 8.78 Å². The van der Waals surface area contributed by atoms with E-state index in [-0.39, 0.29) is 10.4 Å². The Bertz CT molecular complexity index is 498. The van der Waals surface area contributed by atoms with Gasteiger partial charge in [-0.1, -0.05) is 11.6 Å². The van der Waals surface area contributed by atoms with Crippen molar-refractivity contribution in [3.05, 3.63) is 39.8 Å². The molecule has 16 heavy (non-hydrogen) atoms. The zero-order valence-electron chi connectivity index (χ0n) is 7.75. The Morgan fingerprint density at radius 2 is 1.88 bits per heavy atom. The summed E-state index contributed by atoms with van der Waals surface area (Å²) in [7, 11) is 0. The number of aromatic nitrogens is 1. The van der Waals surface area contributed by atoms with Gasteiger partial charge in [-0.05, 0) is 40.2 Å². The minimum Gasteiger partial charge on any atom is -0.434 e. The monoisotopic (exact) mass is 307 g/mol. The number of alkyl halides is 2. The van der Waals surface area contributed by atoms with Gasteiger partial charge in [0.05, 0.1) is 0 Å². The normalized spacial score (nSPS) is 11.1. The van der Waals surface area contributed by atoms with Gasteiger partial charge < -0.3 is 4.42 Å². The number of nitrogens with zero attached hydrogens (tertiary/aromatic N) is 1. The summed E-state index contributed by atoms with van der Waals surface area (Å²) in [5.74, 6) is -0.330. The molecule has 0 bridgehead atoms. The molecule has 0 N–H and O–H groups in total. The standard InChI is InChI=1S/C10H5BrClF2NO/c11-8-7(16-10(15-8)9(13)14)5-1-3-6(12)4-2-5/h1-4,9H. The molecule has 1 aromatic carbocycles. The Kier molecular flexibility index (Phi) is 3.25. The van der Waals surface area contributed by atoms with E-state index in [0.717, 1.165) is 0 Å². The maximum Gasteiger partial charge on any atom is 0.313 e. The fraction of sp³-hybridized carbons (Fsp3) is 0.100. The van der Waals surface area contributed by atoms with E-state index in [1.54, 1.807) is 24.3 Å². The van der Waals surface area contributed by atoms with E-state index in [2.05, 4.69) is 20.9 Å². The first-order chi connectivity index (χ1) is 7.58. The molecule has 2 rings (SSSR count). The van der Waals surface area contributed by atoms with Gasteiger partial charge in [-0.3, -0.25) is 0 Å². The van der Waals surface area contributed by atoms with Gasteiger partial charge in [0.25, 0.3) is 5.89 Å². The summed E-state index contributed by atoms with van der Waals surface area (Å²) < 4.78 is 29.9. The second kappa shape index (κ2) is 4.51. The van der Waals surface area contributed by atoms with Crippen molar-refractivity contribution in [3.63, 3.8) is 0 Å². The van der Waals surface area contributed by atoms with Crippen molar-refractivity contribution >= 4 is 27.5 Å². The molecule has 0 spiro atoms. The predicted molar refractivity (Wildman–Crippen MR) is 59.6 cm³/mol. The Hall–Kier alpha value is -0.940. The summed E-state index contributed by atoms with van der Waals surface area (Å²) in [6.45, 7) is 0. The molecule has 0 aliphatic heterocycles. The average molecular weight is 309 g/mol.